The van der Waals surface area contributed by atoms with Gasteiger partial charge in [0.2, 0.25) is 5.95 Å². The summed E-state index contributed by atoms with van der Waals surface area (Å²) in [6.45, 7) is 1.32. The number of halogens is 2. The van der Waals surface area contributed by atoms with E-state index in [2.05, 4.69) is 26.7 Å². The first kappa shape index (κ1) is 22.8. The number of thiazole rings is 1. The number of fused-ring (bicyclic) bond motifs is 4. The predicted molar refractivity (Wildman–Crippen MR) is 145 cm³/mol. The largest absolute Gasteiger partial charge is 0.338 e. The molecule has 2 aromatic heterocycles. The Morgan fingerprint density at radius 2 is 1.94 bits per heavy atom. The molecule has 9 heteroatoms. The lowest BCUT2D eigenvalue weighted by Gasteiger charge is -2.25. The fraction of sp³-hybridized carbons (Fsp3) is 0.148. The van der Waals surface area contributed by atoms with E-state index >= 15 is 0 Å². The smallest absolute Gasteiger partial charge is 0.227 e. The van der Waals surface area contributed by atoms with Gasteiger partial charge in [0.05, 0.1) is 27.3 Å². The van der Waals surface area contributed by atoms with Gasteiger partial charge in [0.25, 0.3) is 0 Å². The average molecular weight is 517 g/mol. The second kappa shape index (κ2) is 9.46. The Labute approximate surface area is 216 Å². The maximum absolute atomic E-state index is 14.8. The van der Waals surface area contributed by atoms with Crippen molar-refractivity contribution in [2.75, 3.05) is 23.8 Å². The molecule has 6 rings (SSSR count). The molecule has 0 saturated heterocycles. The van der Waals surface area contributed by atoms with Gasteiger partial charge in [0, 0.05) is 35.6 Å². The molecule has 2 N–H and O–H groups in total. The van der Waals surface area contributed by atoms with Crippen LogP contribution in [0.2, 0.25) is 5.02 Å². The Morgan fingerprint density at radius 1 is 1.06 bits per heavy atom. The third kappa shape index (κ3) is 4.28. The number of benzene rings is 3. The minimum atomic E-state index is -0.279. The van der Waals surface area contributed by atoms with Crippen molar-refractivity contribution in [1.29, 1.82) is 0 Å². The van der Waals surface area contributed by atoms with Crippen LogP contribution in [0.1, 0.15) is 10.6 Å². The summed E-state index contributed by atoms with van der Waals surface area (Å²) in [5.41, 5.74) is 5.88. The number of nitrogens with zero attached hydrogens (tertiary/aromatic N) is 4. The molecule has 0 bridgehead atoms. The van der Waals surface area contributed by atoms with Crippen LogP contribution in [0, 0.1) is 5.82 Å². The number of anilines is 4. The molecular weight excluding hydrogens is 495 g/mol. The summed E-state index contributed by atoms with van der Waals surface area (Å²) < 4.78 is 15.9. The first-order valence-electron chi connectivity index (χ1n) is 11.6. The van der Waals surface area contributed by atoms with Crippen molar-refractivity contribution < 1.29 is 4.39 Å². The summed E-state index contributed by atoms with van der Waals surface area (Å²) in [5.74, 6) is 0.215. The molecule has 180 valence electrons. The molecule has 1 aliphatic rings. The van der Waals surface area contributed by atoms with E-state index < -0.39 is 0 Å². The number of hydrogen-bond donors (Lipinski definition) is 2. The van der Waals surface area contributed by atoms with Crippen molar-refractivity contribution in [2.45, 2.75) is 13.0 Å². The van der Waals surface area contributed by atoms with Crippen LogP contribution < -0.4 is 15.5 Å². The van der Waals surface area contributed by atoms with E-state index in [9.17, 15) is 4.39 Å². The van der Waals surface area contributed by atoms with Crippen LogP contribution >= 0.6 is 22.9 Å². The minimum absolute atomic E-state index is 0.279. The Hall–Kier alpha value is -3.59. The fourth-order valence-corrected chi connectivity index (χ4v) is 5.68. The van der Waals surface area contributed by atoms with Crippen molar-refractivity contribution in [3.05, 3.63) is 88.3 Å². The molecule has 6 nitrogen and oxygen atoms in total. The molecule has 0 atom stereocenters. The highest BCUT2D eigenvalue weighted by Crippen LogP contribution is 2.41. The van der Waals surface area contributed by atoms with Crippen LogP contribution in [0.4, 0.5) is 27.4 Å². The maximum atomic E-state index is 14.8. The molecule has 0 aliphatic carbocycles. The second-order valence-electron chi connectivity index (χ2n) is 8.53. The summed E-state index contributed by atoms with van der Waals surface area (Å²) >= 11 is 8.04. The number of nitrogens with one attached hydrogen (secondary N) is 2. The Balaban J connectivity index is 1.38. The topological polar surface area (TPSA) is 66.0 Å². The van der Waals surface area contributed by atoms with Crippen molar-refractivity contribution in [3.8, 4) is 11.3 Å². The van der Waals surface area contributed by atoms with Gasteiger partial charge in [-0.25, -0.2) is 19.3 Å². The zero-order chi connectivity index (χ0) is 24.6. The van der Waals surface area contributed by atoms with Crippen LogP contribution in [-0.2, 0) is 13.0 Å². The van der Waals surface area contributed by atoms with E-state index in [-0.39, 0.29) is 5.82 Å². The molecule has 0 spiro atoms. The van der Waals surface area contributed by atoms with Crippen molar-refractivity contribution in [2.24, 2.45) is 0 Å². The van der Waals surface area contributed by atoms with Crippen LogP contribution in [0.15, 0.2) is 66.9 Å². The van der Waals surface area contributed by atoms with Gasteiger partial charge in [-0.3, -0.25) is 0 Å². The van der Waals surface area contributed by atoms with Gasteiger partial charge in [-0.2, -0.15) is 0 Å². The Bertz CT molecular complexity index is 1590. The molecule has 3 heterocycles. The molecule has 0 radical (unpaired) electrons. The van der Waals surface area contributed by atoms with Crippen molar-refractivity contribution >= 4 is 56.2 Å². The number of hydrogen-bond acceptors (Lipinski definition) is 7. The fourth-order valence-electron chi connectivity index (χ4n) is 4.49. The van der Waals surface area contributed by atoms with Crippen LogP contribution in [0.5, 0.6) is 0 Å². The predicted octanol–water partition coefficient (Wildman–Crippen LogP) is 6.70. The van der Waals surface area contributed by atoms with E-state index in [0.29, 0.717) is 29.6 Å². The average Bonchev–Trinajstić information content (AvgIpc) is 3.20. The highest BCUT2D eigenvalue weighted by molar-refractivity contribution is 7.18. The summed E-state index contributed by atoms with van der Waals surface area (Å²) in [5, 5.41) is 8.11. The third-order valence-corrected chi connectivity index (χ3v) is 7.39. The standard InChI is InChI=1S/C27H22ClFN6S/c1-30-15-25-33-21-9-7-18(13-24(21)36-25)32-27-31-14-16-10-11-35(22-5-3-2-4-20(22)29)23-12-17(28)6-8-19(23)26(16)34-27/h2-9,12-14,30H,10-11,15H2,1H3,(H,31,32,34). The molecule has 1 aliphatic heterocycles. The Morgan fingerprint density at radius 3 is 2.81 bits per heavy atom. The highest BCUT2D eigenvalue weighted by Gasteiger charge is 2.24. The molecule has 0 unspecified atom stereocenters. The van der Waals surface area contributed by atoms with E-state index in [0.717, 1.165) is 50.0 Å². The molecule has 36 heavy (non-hydrogen) atoms. The quantitative estimate of drug-likeness (QED) is 0.271. The second-order valence-corrected chi connectivity index (χ2v) is 10.1. The van der Waals surface area contributed by atoms with Gasteiger partial charge >= 0.3 is 0 Å². The van der Waals surface area contributed by atoms with Gasteiger partial charge < -0.3 is 15.5 Å². The molecule has 0 saturated carbocycles. The normalized spacial score (nSPS) is 12.8. The molecular formula is C27H22ClFN6S. The van der Waals surface area contributed by atoms with E-state index in [1.54, 1.807) is 23.5 Å². The van der Waals surface area contributed by atoms with E-state index in [1.807, 2.05) is 54.5 Å². The summed E-state index contributed by atoms with van der Waals surface area (Å²) in [6.07, 6.45) is 2.52. The molecule has 3 aromatic carbocycles. The maximum Gasteiger partial charge on any atom is 0.227 e. The lowest BCUT2D eigenvalue weighted by molar-refractivity contribution is 0.625. The van der Waals surface area contributed by atoms with E-state index in [1.165, 1.54) is 6.07 Å². The van der Waals surface area contributed by atoms with Crippen LogP contribution in [-0.4, -0.2) is 28.5 Å². The Kier molecular flexibility index (Phi) is 6.00. The molecule has 0 fully saturated rings. The monoisotopic (exact) mass is 516 g/mol. The van der Waals surface area contributed by atoms with E-state index in [4.69, 9.17) is 16.6 Å². The first-order valence-corrected chi connectivity index (χ1v) is 12.8. The van der Waals surface area contributed by atoms with Gasteiger partial charge in [0.15, 0.2) is 0 Å². The summed E-state index contributed by atoms with van der Waals surface area (Å²) in [6, 6.07) is 18.5. The van der Waals surface area contributed by atoms with Crippen molar-refractivity contribution in [3.63, 3.8) is 0 Å². The number of para-hydroxylation sites is 1. The van der Waals surface area contributed by atoms with Crippen LogP contribution in [0.25, 0.3) is 21.5 Å². The minimum Gasteiger partial charge on any atom is -0.338 e. The highest BCUT2D eigenvalue weighted by atomic mass is 35.5. The molecule has 0 amide bonds. The van der Waals surface area contributed by atoms with Gasteiger partial charge in [-0.1, -0.05) is 23.7 Å². The lowest BCUT2D eigenvalue weighted by Crippen LogP contribution is -2.20. The van der Waals surface area contributed by atoms with Crippen LogP contribution in [0.3, 0.4) is 0 Å². The zero-order valence-corrected chi connectivity index (χ0v) is 21.0. The zero-order valence-electron chi connectivity index (χ0n) is 19.4. The SMILES string of the molecule is CNCc1nc2ccc(Nc3ncc4c(n3)-c3ccc(Cl)cc3N(c3ccccc3F)CC4)cc2s1. The number of rotatable bonds is 5. The summed E-state index contributed by atoms with van der Waals surface area (Å²) in [4.78, 5) is 16.1. The molecule has 5 aromatic rings. The number of aromatic nitrogens is 3. The van der Waals surface area contributed by atoms with Crippen molar-refractivity contribution in [1.82, 2.24) is 20.3 Å². The van der Waals surface area contributed by atoms with Gasteiger partial charge in [-0.05, 0) is 67.6 Å². The third-order valence-electron chi connectivity index (χ3n) is 6.14. The van der Waals surface area contributed by atoms with Gasteiger partial charge in [0.1, 0.15) is 10.8 Å². The lowest BCUT2D eigenvalue weighted by atomic mass is 10.0. The van der Waals surface area contributed by atoms with Gasteiger partial charge in [-0.15, -0.1) is 11.3 Å². The first-order chi connectivity index (χ1) is 17.6. The summed E-state index contributed by atoms with van der Waals surface area (Å²) in [7, 11) is 1.91.